The molecule has 0 amide bonds. The summed E-state index contributed by atoms with van der Waals surface area (Å²) < 4.78 is 4.73. The van der Waals surface area contributed by atoms with E-state index < -0.39 is 0 Å². The molecule has 1 aliphatic rings. The van der Waals surface area contributed by atoms with Crippen LogP contribution in [0.5, 0.6) is 0 Å². The Balaban J connectivity index is 0.000000671. The number of carbonyl (C=O) groups is 1. The first-order valence-electron chi connectivity index (χ1n) is 5.02. The third kappa shape index (κ3) is 2.69. The summed E-state index contributed by atoms with van der Waals surface area (Å²) in [6.45, 7) is 4.00. The van der Waals surface area contributed by atoms with Gasteiger partial charge in [-0.25, -0.2) is 0 Å². The number of hydrogen-bond acceptors (Lipinski definition) is 3. The first kappa shape index (κ1) is 12.4. The van der Waals surface area contributed by atoms with Gasteiger partial charge in [0.2, 0.25) is 0 Å². The molecule has 1 saturated carbocycles. The van der Waals surface area contributed by atoms with Crippen molar-refractivity contribution in [1.82, 2.24) is 5.32 Å². The lowest BCUT2D eigenvalue weighted by Crippen LogP contribution is -2.48. The molecule has 0 aliphatic heterocycles. The van der Waals surface area contributed by atoms with Crippen molar-refractivity contribution in [3.8, 4) is 0 Å². The summed E-state index contributed by atoms with van der Waals surface area (Å²) in [5.74, 6) is -0.113. The van der Waals surface area contributed by atoms with E-state index in [0.717, 1.165) is 25.7 Å². The molecule has 3 heteroatoms. The molecular formula is C10H21NO2. The van der Waals surface area contributed by atoms with Gasteiger partial charge in [0.1, 0.15) is 5.54 Å². The first-order chi connectivity index (χ1) is 6.25. The second-order valence-electron chi connectivity index (χ2n) is 3.03. The highest BCUT2D eigenvalue weighted by Crippen LogP contribution is 2.30. The van der Waals surface area contributed by atoms with Crippen LogP contribution in [0.3, 0.4) is 0 Å². The van der Waals surface area contributed by atoms with Gasteiger partial charge in [-0.05, 0) is 19.9 Å². The van der Waals surface area contributed by atoms with Gasteiger partial charge in [-0.3, -0.25) is 4.79 Å². The van der Waals surface area contributed by atoms with Gasteiger partial charge < -0.3 is 10.1 Å². The van der Waals surface area contributed by atoms with Crippen molar-refractivity contribution in [2.24, 2.45) is 0 Å². The molecule has 3 nitrogen and oxygen atoms in total. The zero-order valence-corrected chi connectivity index (χ0v) is 9.14. The lowest BCUT2D eigenvalue weighted by atomic mass is 9.98. The Bertz CT molecular complexity index is 151. The maximum absolute atomic E-state index is 11.3. The Morgan fingerprint density at radius 1 is 1.31 bits per heavy atom. The molecule has 0 aromatic carbocycles. The molecule has 0 aromatic rings. The Hall–Kier alpha value is -0.570. The quantitative estimate of drug-likeness (QED) is 0.669. The zero-order chi connectivity index (χ0) is 10.3. The number of nitrogens with one attached hydrogen (secondary N) is 1. The maximum Gasteiger partial charge on any atom is 0.326 e. The van der Waals surface area contributed by atoms with E-state index in [1.54, 1.807) is 0 Å². The number of rotatable bonds is 2. The van der Waals surface area contributed by atoms with Crippen LogP contribution in [-0.4, -0.2) is 25.7 Å². The van der Waals surface area contributed by atoms with Crippen LogP contribution in [-0.2, 0) is 9.53 Å². The number of hydrogen-bond donors (Lipinski definition) is 1. The van der Waals surface area contributed by atoms with E-state index in [-0.39, 0.29) is 11.5 Å². The summed E-state index contributed by atoms with van der Waals surface area (Å²) in [4.78, 5) is 11.3. The van der Waals surface area contributed by atoms with E-state index in [9.17, 15) is 4.79 Å². The maximum atomic E-state index is 11.3. The van der Waals surface area contributed by atoms with E-state index in [2.05, 4.69) is 5.32 Å². The molecule has 1 aliphatic carbocycles. The SMILES string of the molecule is CC.CNC1(C(=O)OC)CCCC1. The van der Waals surface area contributed by atoms with Crippen LogP contribution in [0.2, 0.25) is 0 Å². The predicted molar refractivity (Wildman–Crippen MR) is 53.6 cm³/mol. The van der Waals surface area contributed by atoms with Crippen molar-refractivity contribution in [2.75, 3.05) is 14.2 Å². The molecular weight excluding hydrogens is 166 g/mol. The van der Waals surface area contributed by atoms with Crippen LogP contribution in [0.1, 0.15) is 39.5 Å². The van der Waals surface area contributed by atoms with Crippen molar-refractivity contribution < 1.29 is 9.53 Å². The Morgan fingerprint density at radius 3 is 2.08 bits per heavy atom. The molecule has 78 valence electrons. The highest BCUT2D eigenvalue weighted by Gasteiger charge is 2.40. The lowest BCUT2D eigenvalue weighted by Gasteiger charge is -2.24. The van der Waals surface area contributed by atoms with Crippen LogP contribution < -0.4 is 5.32 Å². The predicted octanol–water partition coefficient (Wildman–Crippen LogP) is 1.72. The van der Waals surface area contributed by atoms with Gasteiger partial charge in [0.15, 0.2) is 0 Å². The third-order valence-electron chi connectivity index (χ3n) is 2.51. The van der Waals surface area contributed by atoms with Crippen molar-refractivity contribution in [3.05, 3.63) is 0 Å². The second kappa shape index (κ2) is 5.97. The van der Waals surface area contributed by atoms with Crippen LogP contribution in [0.15, 0.2) is 0 Å². The van der Waals surface area contributed by atoms with Gasteiger partial charge in [-0.1, -0.05) is 26.7 Å². The minimum Gasteiger partial charge on any atom is -0.468 e. The summed E-state index contributed by atoms with van der Waals surface area (Å²) in [6, 6.07) is 0. The van der Waals surface area contributed by atoms with Crippen molar-refractivity contribution in [2.45, 2.75) is 45.1 Å². The molecule has 1 rings (SSSR count). The molecule has 0 aromatic heterocycles. The van der Waals surface area contributed by atoms with Crippen molar-refractivity contribution >= 4 is 5.97 Å². The monoisotopic (exact) mass is 187 g/mol. The Morgan fingerprint density at radius 2 is 1.77 bits per heavy atom. The molecule has 0 unspecified atom stereocenters. The zero-order valence-electron chi connectivity index (χ0n) is 9.14. The molecule has 1 fully saturated rings. The molecule has 1 N–H and O–H groups in total. The molecule has 13 heavy (non-hydrogen) atoms. The summed E-state index contributed by atoms with van der Waals surface area (Å²) in [5.41, 5.74) is -0.366. The topological polar surface area (TPSA) is 38.3 Å². The van der Waals surface area contributed by atoms with Gasteiger partial charge in [0, 0.05) is 0 Å². The molecule has 0 spiro atoms. The van der Waals surface area contributed by atoms with Crippen LogP contribution in [0.25, 0.3) is 0 Å². The van der Waals surface area contributed by atoms with Crippen LogP contribution in [0, 0.1) is 0 Å². The van der Waals surface area contributed by atoms with Gasteiger partial charge in [0.05, 0.1) is 7.11 Å². The number of ether oxygens (including phenoxy) is 1. The lowest BCUT2D eigenvalue weighted by molar-refractivity contribution is -0.148. The Kier molecular flexibility index (Phi) is 5.71. The van der Waals surface area contributed by atoms with Gasteiger partial charge >= 0.3 is 5.97 Å². The van der Waals surface area contributed by atoms with E-state index in [1.165, 1.54) is 7.11 Å². The van der Waals surface area contributed by atoms with Crippen LogP contribution in [0.4, 0.5) is 0 Å². The minimum absolute atomic E-state index is 0.113. The smallest absolute Gasteiger partial charge is 0.326 e. The summed E-state index contributed by atoms with van der Waals surface area (Å²) in [5, 5.41) is 3.05. The number of carbonyl (C=O) groups excluding carboxylic acids is 1. The largest absolute Gasteiger partial charge is 0.468 e. The van der Waals surface area contributed by atoms with E-state index in [0.29, 0.717) is 0 Å². The van der Waals surface area contributed by atoms with E-state index in [1.807, 2.05) is 20.9 Å². The Labute approximate surface area is 80.8 Å². The number of likely N-dealkylation sites (N-methyl/N-ethyl adjacent to an activating group) is 1. The highest BCUT2D eigenvalue weighted by molar-refractivity contribution is 5.81. The fourth-order valence-corrected chi connectivity index (χ4v) is 1.73. The summed E-state index contributed by atoms with van der Waals surface area (Å²) in [6.07, 6.45) is 4.07. The standard InChI is InChI=1S/C8H15NO2.C2H6/c1-9-8(7(10)11-2)5-3-4-6-8;1-2/h9H,3-6H2,1-2H3;1-2H3. The average molecular weight is 187 g/mol. The van der Waals surface area contributed by atoms with Gasteiger partial charge in [0.25, 0.3) is 0 Å². The molecule has 0 radical (unpaired) electrons. The van der Waals surface area contributed by atoms with Crippen LogP contribution >= 0.6 is 0 Å². The normalized spacial score (nSPS) is 18.8. The van der Waals surface area contributed by atoms with Crippen molar-refractivity contribution in [1.29, 1.82) is 0 Å². The fourth-order valence-electron chi connectivity index (χ4n) is 1.73. The minimum atomic E-state index is -0.366. The second-order valence-corrected chi connectivity index (χ2v) is 3.03. The third-order valence-corrected chi connectivity index (χ3v) is 2.51. The molecule has 0 atom stereocenters. The molecule has 0 saturated heterocycles. The van der Waals surface area contributed by atoms with E-state index >= 15 is 0 Å². The average Bonchev–Trinajstić information content (AvgIpc) is 2.69. The summed E-state index contributed by atoms with van der Waals surface area (Å²) in [7, 11) is 3.27. The first-order valence-corrected chi connectivity index (χ1v) is 5.02. The molecule has 0 bridgehead atoms. The summed E-state index contributed by atoms with van der Waals surface area (Å²) >= 11 is 0. The van der Waals surface area contributed by atoms with Gasteiger partial charge in [-0.15, -0.1) is 0 Å². The van der Waals surface area contributed by atoms with Crippen molar-refractivity contribution in [3.63, 3.8) is 0 Å². The molecule has 0 heterocycles. The van der Waals surface area contributed by atoms with Gasteiger partial charge in [-0.2, -0.15) is 0 Å². The number of methoxy groups -OCH3 is 1. The fraction of sp³-hybridized carbons (Fsp3) is 0.900. The highest BCUT2D eigenvalue weighted by atomic mass is 16.5. The number of esters is 1. The van der Waals surface area contributed by atoms with E-state index in [4.69, 9.17) is 4.74 Å².